The van der Waals surface area contributed by atoms with Gasteiger partial charge in [0.05, 0.1) is 5.56 Å². The molecule has 0 saturated carbocycles. The van der Waals surface area contributed by atoms with Crippen LogP contribution < -0.4 is 0 Å². The number of carbonyl (C=O) groups excluding carboxylic acids is 4. The van der Waals surface area contributed by atoms with Crippen LogP contribution in [0.15, 0.2) is 30.3 Å². The summed E-state index contributed by atoms with van der Waals surface area (Å²) in [6.45, 7) is 2.88. The Hall–Kier alpha value is -2.98. The zero-order valence-electron chi connectivity index (χ0n) is 16.1. The van der Waals surface area contributed by atoms with E-state index < -0.39 is 61.2 Å². The highest BCUT2D eigenvalue weighted by Crippen LogP contribution is 2.28. The Morgan fingerprint density at radius 3 is 1.93 bits per heavy atom. The monoisotopic (exact) mass is 410 g/mol. The highest BCUT2D eigenvalue weighted by atomic mass is 16.7. The first-order chi connectivity index (χ1) is 13.7. The predicted molar refractivity (Wildman–Crippen MR) is 94.3 cm³/mol. The van der Waals surface area contributed by atoms with E-state index in [4.69, 9.17) is 23.7 Å². The topological polar surface area (TPSA) is 135 Å². The SMILES string of the molecule is CC(=O)O[C@@H]1[C@@H](OC(C)=O)[C@@H](O)O[C@H](COC(=O)c2ccccc2)[C@H]1OC(C)=O. The van der Waals surface area contributed by atoms with Crippen molar-refractivity contribution in [2.75, 3.05) is 6.61 Å². The maximum Gasteiger partial charge on any atom is 0.338 e. The van der Waals surface area contributed by atoms with Crippen molar-refractivity contribution in [2.24, 2.45) is 0 Å². The predicted octanol–water partition coefficient (Wildman–Crippen LogP) is 0.356. The fourth-order valence-electron chi connectivity index (χ4n) is 2.82. The van der Waals surface area contributed by atoms with E-state index in [0.29, 0.717) is 0 Å². The molecule has 1 aromatic carbocycles. The normalized spacial score (nSPS) is 26.1. The van der Waals surface area contributed by atoms with Crippen LogP contribution in [-0.4, -0.2) is 66.3 Å². The zero-order chi connectivity index (χ0) is 21.6. The summed E-state index contributed by atoms with van der Waals surface area (Å²) in [6, 6.07) is 8.12. The van der Waals surface area contributed by atoms with E-state index in [2.05, 4.69) is 0 Å². The van der Waals surface area contributed by atoms with E-state index in [-0.39, 0.29) is 5.56 Å². The average molecular weight is 410 g/mol. The molecule has 2 rings (SSSR count). The van der Waals surface area contributed by atoms with Crippen LogP contribution in [0.5, 0.6) is 0 Å². The van der Waals surface area contributed by atoms with Crippen molar-refractivity contribution in [1.29, 1.82) is 0 Å². The van der Waals surface area contributed by atoms with Crippen LogP contribution in [-0.2, 0) is 38.1 Å². The van der Waals surface area contributed by atoms with Crippen LogP contribution in [0.1, 0.15) is 31.1 Å². The smallest absolute Gasteiger partial charge is 0.338 e. The first-order valence-electron chi connectivity index (χ1n) is 8.76. The van der Waals surface area contributed by atoms with Crippen LogP contribution in [0.2, 0.25) is 0 Å². The van der Waals surface area contributed by atoms with Gasteiger partial charge in [0.25, 0.3) is 0 Å². The third-order valence-corrected chi connectivity index (χ3v) is 3.90. The van der Waals surface area contributed by atoms with Gasteiger partial charge in [-0.2, -0.15) is 0 Å². The molecule has 1 aliphatic heterocycles. The second-order valence-corrected chi connectivity index (χ2v) is 6.25. The Morgan fingerprint density at radius 1 is 0.862 bits per heavy atom. The Labute approximate surface area is 166 Å². The molecule has 0 amide bonds. The molecule has 1 saturated heterocycles. The Balaban J connectivity index is 2.22. The lowest BCUT2D eigenvalue weighted by molar-refractivity contribution is -0.295. The summed E-state index contributed by atoms with van der Waals surface area (Å²) < 4.78 is 25.8. The van der Waals surface area contributed by atoms with Crippen molar-refractivity contribution in [2.45, 2.75) is 51.5 Å². The maximum atomic E-state index is 12.2. The summed E-state index contributed by atoms with van der Waals surface area (Å²) in [6.07, 6.45) is -7.01. The van der Waals surface area contributed by atoms with Gasteiger partial charge in [-0.3, -0.25) is 14.4 Å². The van der Waals surface area contributed by atoms with Gasteiger partial charge in [-0.05, 0) is 12.1 Å². The largest absolute Gasteiger partial charge is 0.459 e. The molecule has 1 fully saturated rings. The number of rotatable bonds is 6. The molecule has 0 bridgehead atoms. The lowest BCUT2D eigenvalue weighted by Gasteiger charge is -2.42. The van der Waals surface area contributed by atoms with Crippen molar-refractivity contribution in [3.63, 3.8) is 0 Å². The first-order valence-corrected chi connectivity index (χ1v) is 8.76. The number of benzene rings is 1. The standard InChI is InChI=1S/C19H22O10/c1-10(20)26-15-14(9-25-18(23)13-7-5-4-6-8-13)29-19(24)17(28-12(3)22)16(15)27-11(2)21/h4-8,14-17,19,24H,9H2,1-3H3/t14-,15-,16+,17-,19+/m1/s1. The van der Waals surface area contributed by atoms with Crippen LogP contribution in [0.3, 0.4) is 0 Å². The molecule has 1 N–H and O–H groups in total. The number of hydrogen-bond donors (Lipinski definition) is 1. The second-order valence-electron chi connectivity index (χ2n) is 6.25. The molecular formula is C19H22O10. The number of esters is 4. The Bertz CT molecular complexity index is 747. The molecule has 0 unspecified atom stereocenters. The minimum atomic E-state index is -1.71. The average Bonchev–Trinajstić information content (AvgIpc) is 2.65. The summed E-state index contributed by atoms with van der Waals surface area (Å²) >= 11 is 0. The summed E-state index contributed by atoms with van der Waals surface area (Å²) in [5, 5.41) is 10.2. The molecule has 29 heavy (non-hydrogen) atoms. The summed E-state index contributed by atoms with van der Waals surface area (Å²) in [7, 11) is 0. The molecular weight excluding hydrogens is 388 g/mol. The van der Waals surface area contributed by atoms with Crippen molar-refractivity contribution >= 4 is 23.9 Å². The van der Waals surface area contributed by atoms with E-state index in [1.165, 1.54) is 0 Å². The molecule has 1 heterocycles. The first kappa shape index (κ1) is 22.3. The molecule has 1 aliphatic rings. The molecule has 0 aliphatic carbocycles. The van der Waals surface area contributed by atoms with Gasteiger partial charge in [-0.25, -0.2) is 4.79 Å². The summed E-state index contributed by atoms with van der Waals surface area (Å²) in [5.41, 5.74) is 0.280. The van der Waals surface area contributed by atoms with Crippen LogP contribution in [0.25, 0.3) is 0 Å². The Kier molecular flexibility index (Phi) is 7.68. The van der Waals surface area contributed by atoms with Gasteiger partial charge in [0, 0.05) is 20.8 Å². The number of aliphatic hydroxyl groups excluding tert-OH is 1. The molecule has 10 heteroatoms. The second kappa shape index (κ2) is 9.99. The van der Waals surface area contributed by atoms with E-state index >= 15 is 0 Å². The molecule has 0 radical (unpaired) electrons. The van der Waals surface area contributed by atoms with E-state index in [1.54, 1.807) is 30.3 Å². The van der Waals surface area contributed by atoms with Crippen molar-refractivity contribution in [3.05, 3.63) is 35.9 Å². The quantitative estimate of drug-likeness (QED) is 0.517. The summed E-state index contributed by atoms with van der Waals surface area (Å²) in [5.74, 6) is -2.95. The number of hydrogen-bond acceptors (Lipinski definition) is 10. The minimum absolute atomic E-state index is 0.280. The van der Waals surface area contributed by atoms with Crippen molar-refractivity contribution in [1.82, 2.24) is 0 Å². The lowest BCUT2D eigenvalue weighted by Crippen LogP contribution is -2.62. The number of aliphatic hydroxyl groups is 1. The van der Waals surface area contributed by atoms with Crippen molar-refractivity contribution in [3.8, 4) is 0 Å². The van der Waals surface area contributed by atoms with Gasteiger partial charge in [-0.1, -0.05) is 18.2 Å². The van der Waals surface area contributed by atoms with E-state index in [9.17, 15) is 24.3 Å². The molecule has 10 nitrogen and oxygen atoms in total. The van der Waals surface area contributed by atoms with Crippen LogP contribution in [0.4, 0.5) is 0 Å². The highest BCUT2D eigenvalue weighted by molar-refractivity contribution is 5.89. The van der Waals surface area contributed by atoms with E-state index in [1.807, 2.05) is 0 Å². The van der Waals surface area contributed by atoms with Gasteiger partial charge < -0.3 is 28.8 Å². The van der Waals surface area contributed by atoms with Gasteiger partial charge in [0.15, 0.2) is 24.6 Å². The fraction of sp³-hybridized carbons (Fsp3) is 0.474. The minimum Gasteiger partial charge on any atom is -0.459 e. The third-order valence-electron chi connectivity index (χ3n) is 3.90. The highest BCUT2D eigenvalue weighted by Gasteiger charge is 2.51. The van der Waals surface area contributed by atoms with Crippen molar-refractivity contribution < 1.29 is 48.0 Å². The van der Waals surface area contributed by atoms with Crippen LogP contribution in [0, 0.1) is 0 Å². The zero-order valence-corrected chi connectivity index (χ0v) is 16.1. The number of carbonyl (C=O) groups is 4. The van der Waals surface area contributed by atoms with Gasteiger partial charge in [0.1, 0.15) is 12.7 Å². The van der Waals surface area contributed by atoms with Gasteiger partial charge >= 0.3 is 23.9 Å². The molecule has 5 atom stereocenters. The molecule has 158 valence electrons. The fourth-order valence-corrected chi connectivity index (χ4v) is 2.82. The van der Waals surface area contributed by atoms with E-state index in [0.717, 1.165) is 20.8 Å². The van der Waals surface area contributed by atoms with Crippen LogP contribution >= 0.6 is 0 Å². The molecule has 1 aromatic rings. The van der Waals surface area contributed by atoms with Gasteiger partial charge in [0.2, 0.25) is 0 Å². The lowest BCUT2D eigenvalue weighted by atomic mass is 9.98. The maximum absolute atomic E-state index is 12.2. The number of ether oxygens (including phenoxy) is 5. The summed E-state index contributed by atoms with van der Waals surface area (Å²) in [4.78, 5) is 46.6. The molecule has 0 aromatic heterocycles. The third kappa shape index (κ3) is 6.26. The Morgan fingerprint density at radius 2 is 1.38 bits per heavy atom. The molecule has 0 spiro atoms. The van der Waals surface area contributed by atoms with Gasteiger partial charge in [-0.15, -0.1) is 0 Å².